The van der Waals surface area contributed by atoms with Gasteiger partial charge in [-0.1, -0.05) is 32.0 Å². The number of carbonyl (C=O) groups excluding carboxylic acids is 2. The molecule has 2 aromatic rings. The number of nitrogens with one attached hydrogen (secondary N) is 2. The van der Waals surface area contributed by atoms with Crippen molar-refractivity contribution in [3.05, 3.63) is 53.6 Å². The molecule has 0 aliphatic heterocycles. The highest BCUT2D eigenvalue weighted by Gasteiger charge is 2.26. The van der Waals surface area contributed by atoms with E-state index in [0.29, 0.717) is 11.3 Å². The quantitative estimate of drug-likeness (QED) is 0.641. The molecule has 0 aliphatic carbocycles. The van der Waals surface area contributed by atoms with Crippen LogP contribution in [-0.2, 0) is 14.8 Å². The van der Waals surface area contributed by atoms with Crippen molar-refractivity contribution in [2.45, 2.75) is 44.6 Å². The lowest BCUT2D eigenvalue weighted by molar-refractivity contribution is -0.117. The van der Waals surface area contributed by atoms with Gasteiger partial charge in [-0.05, 0) is 49.6 Å². The minimum Gasteiger partial charge on any atom is -0.495 e. The van der Waals surface area contributed by atoms with E-state index in [0.717, 1.165) is 5.56 Å². The van der Waals surface area contributed by atoms with E-state index in [4.69, 9.17) is 4.74 Å². The molecule has 0 bridgehead atoms. The zero-order valence-electron chi connectivity index (χ0n) is 17.1. The Hall–Kier alpha value is -2.71. The summed E-state index contributed by atoms with van der Waals surface area (Å²) in [5.74, 6) is -0.354. The monoisotopic (exact) mass is 418 g/mol. The van der Waals surface area contributed by atoms with Gasteiger partial charge < -0.3 is 10.1 Å². The van der Waals surface area contributed by atoms with Gasteiger partial charge >= 0.3 is 0 Å². The van der Waals surface area contributed by atoms with Crippen molar-refractivity contribution in [2.24, 2.45) is 0 Å². The lowest BCUT2D eigenvalue weighted by Gasteiger charge is -2.17. The SMILES string of the molecule is COc1ccc(C(C)C)cc1S(=O)(=O)NC(C)C(=O)Nc1cccc(C(C)=O)c1. The number of carbonyl (C=O) groups is 2. The minimum absolute atomic E-state index is 0.0237. The van der Waals surface area contributed by atoms with E-state index in [2.05, 4.69) is 10.0 Å². The standard InChI is InChI=1S/C21H26N2O5S/c1-13(2)16-9-10-19(28-5)20(12-16)29(26,27)23-14(3)21(25)22-18-8-6-7-17(11-18)15(4)24/h6-14,23H,1-5H3,(H,22,25). The third kappa shape index (κ3) is 5.65. The number of sulfonamides is 1. The fraction of sp³-hybridized carbons (Fsp3) is 0.333. The van der Waals surface area contributed by atoms with Crippen molar-refractivity contribution in [1.29, 1.82) is 0 Å². The van der Waals surface area contributed by atoms with Crippen molar-refractivity contribution in [2.75, 3.05) is 12.4 Å². The number of hydrogen-bond acceptors (Lipinski definition) is 5. The van der Waals surface area contributed by atoms with Gasteiger partial charge in [0.15, 0.2) is 5.78 Å². The smallest absolute Gasteiger partial charge is 0.244 e. The van der Waals surface area contributed by atoms with Crippen molar-refractivity contribution in [1.82, 2.24) is 4.72 Å². The van der Waals surface area contributed by atoms with Gasteiger partial charge in [-0.2, -0.15) is 4.72 Å². The Labute approximate surface area is 171 Å². The van der Waals surface area contributed by atoms with Crippen LogP contribution in [0.2, 0.25) is 0 Å². The Kier molecular flexibility index (Phi) is 7.16. The lowest BCUT2D eigenvalue weighted by Crippen LogP contribution is -2.41. The summed E-state index contributed by atoms with van der Waals surface area (Å²) in [6.45, 7) is 6.78. The minimum atomic E-state index is -4.01. The van der Waals surface area contributed by atoms with E-state index in [-0.39, 0.29) is 22.3 Å². The fourth-order valence-corrected chi connectivity index (χ4v) is 4.09. The molecule has 0 saturated carbocycles. The van der Waals surface area contributed by atoms with Crippen LogP contribution in [0.3, 0.4) is 0 Å². The number of benzene rings is 2. The van der Waals surface area contributed by atoms with Crippen LogP contribution in [0.1, 0.15) is 49.5 Å². The Morgan fingerprint density at radius 3 is 2.31 bits per heavy atom. The summed E-state index contributed by atoms with van der Waals surface area (Å²) in [6, 6.07) is 10.3. The highest BCUT2D eigenvalue weighted by Crippen LogP contribution is 2.28. The average molecular weight is 419 g/mol. The van der Waals surface area contributed by atoms with Gasteiger partial charge in [-0.25, -0.2) is 8.42 Å². The molecule has 1 unspecified atom stereocenters. The highest BCUT2D eigenvalue weighted by molar-refractivity contribution is 7.89. The first kappa shape index (κ1) is 22.6. The molecule has 2 rings (SSSR count). The average Bonchev–Trinajstić information content (AvgIpc) is 2.67. The number of methoxy groups -OCH3 is 1. The van der Waals surface area contributed by atoms with Gasteiger partial charge in [0, 0.05) is 11.3 Å². The fourth-order valence-electron chi connectivity index (χ4n) is 2.68. The number of amides is 1. The Morgan fingerprint density at radius 2 is 1.72 bits per heavy atom. The maximum absolute atomic E-state index is 12.9. The van der Waals surface area contributed by atoms with Crippen molar-refractivity contribution >= 4 is 27.4 Å². The van der Waals surface area contributed by atoms with E-state index in [1.54, 1.807) is 36.4 Å². The van der Waals surface area contributed by atoms with E-state index in [9.17, 15) is 18.0 Å². The molecule has 8 heteroatoms. The van der Waals surface area contributed by atoms with Crippen LogP contribution in [0, 0.1) is 0 Å². The second-order valence-corrected chi connectivity index (χ2v) is 8.72. The molecule has 2 N–H and O–H groups in total. The maximum atomic E-state index is 12.9. The third-order valence-corrected chi connectivity index (χ3v) is 5.97. The van der Waals surface area contributed by atoms with Crippen LogP contribution in [0.4, 0.5) is 5.69 Å². The molecule has 1 atom stereocenters. The summed E-state index contributed by atoms with van der Waals surface area (Å²) in [4.78, 5) is 23.9. The molecule has 0 spiro atoms. The van der Waals surface area contributed by atoms with Gasteiger partial charge in [0.1, 0.15) is 10.6 Å². The topological polar surface area (TPSA) is 102 Å². The van der Waals surface area contributed by atoms with Crippen LogP contribution in [-0.4, -0.2) is 33.3 Å². The Morgan fingerprint density at radius 1 is 1.03 bits per heavy atom. The summed E-state index contributed by atoms with van der Waals surface area (Å²) >= 11 is 0. The molecule has 29 heavy (non-hydrogen) atoms. The predicted octanol–water partition coefficient (Wildman–Crippen LogP) is 3.33. The Balaban J connectivity index is 2.21. The number of ether oxygens (including phenoxy) is 1. The zero-order chi connectivity index (χ0) is 21.8. The summed E-state index contributed by atoms with van der Waals surface area (Å²) in [6.07, 6.45) is 0. The summed E-state index contributed by atoms with van der Waals surface area (Å²) < 4.78 is 33.3. The van der Waals surface area contributed by atoms with E-state index in [1.807, 2.05) is 13.8 Å². The first-order valence-corrected chi connectivity index (χ1v) is 10.7. The van der Waals surface area contributed by atoms with Crippen molar-refractivity contribution in [3.8, 4) is 5.75 Å². The van der Waals surface area contributed by atoms with Crippen LogP contribution >= 0.6 is 0 Å². The molecule has 0 aliphatic rings. The molecule has 0 aromatic heterocycles. The molecule has 0 fully saturated rings. The van der Waals surface area contributed by atoms with Gasteiger partial charge in [0.2, 0.25) is 15.9 Å². The number of rotatable bonds is 8. The van der Waals surface area contributed by atoms with Gasteiger partial charge in [0.05, 0.1) is 13.2 Å². The molecular formula is C21H26N2O5S. The summed E-state index contributed by atoms with van der Waals surface area (Å²) in [5.41, 5.74) is 1.70. The van der Waals surface area contributed by atoms with Gasteiger partial charge in [-0.15, -0.1) is 0 Å². The molecule has 0 radical (unpaired) electrons. The van der Waals surface area contributed by atoms with Crippen LogP contribution < -0.4 is 14.8 Å². The third-order valence-electron chi connectivity index (χ3n) is 4.41. The predicted molar refractivity (Wildman–Crippen MR) is 112 cm³/mol. The van der Waals surface area contributed by atoms with E-state index < -0.39 is 22.0 Å². The van der Waals surface area contributed by atoms with Crippen LogP contribution in [0.5, 0.6) is 5.75 Å². The molecule has 7 nitrogen and oxygen atoms in total. The number of hydrogen-bond donors (Lipinski definition) is 2. The largest absolute Gasteiger partial charge is 0.495 e. The van der Waals surface area contributed by atoms with E-state index >= 15 is 0 Å². The summed E-state index contributed by atoms with van der Waals surface area (Å²) in [5, 5.41) is 2.62. The second-order valence-electron chi connectivity index (χ2n) is 7.03. The maximum Gasteiger partial charge on any atom is 0.244 e. The second kappa shape index (κ2) is 9.19. The van der Waals surface area contributed by atoms with Crippen LogP contribution in [0.25, 0.3) is 0 Å². The van der Waals surface area contributed by atoms with Crippen molar-refractivity contribution in [3.63, 3.8) is 0 Å². The molecular weight excluding hydrogens is 392 g/mol. The Bertz CT molecular complexity index is 1020. The first-order valence-electron chi connectivity index (χ1n) is 9.17. The van der Waals surface area contributed by atoms with Gasteiger partial charge in [-0.3, -0.25) is 9.59 Å². The lowest BCUT2D eigenvalue weighted by atomic mass is 10.0. The molecule has 0 saturated heterocycles. The number of anilines is 1. The molecule has 0 heterocycles. The highest BCUT2D eigenvalue weighted by atomic mass is 32.2. The molecule has 1 amide bonds. The molecule has 2 aromatic carbocycles. The van der Waals surface area contributed by atoms with E-state index in [1.165, 1.54) is 27.0 Å². The zero-order valence-corrected chi connectivity index (χ0v) is 18.0. The number of Topliss-reactive ketones (excluding diaryl/α,β-unsaturated/α-hetero) is 1. The number of ketones is 1. The van der Waals surface area contributed by atoms with Crippen LogP contribution in [0.15, 0.2) is 47.4 Å². The normalized spacial score (nSPS) is 12.5. The van der Waals surface area contributed by atoms with Crippen molar-refractivity contribution < 1.29 is 22.7 Å². The van der Waals surface area contributed by atoms with Gasteiger partial charge in [0.25, 0.3) is 0 Å². The first-order chi connectivity index (χ1) is 13.5. The molecule has 156 valence electrons. The summed E-state index contributed by atoms with van der Waals surface area (Å²) in [7, 11) is -2.62.